The average molecular weight is 467 g/mol. The minimum atomic E-state index is -0.913. The van der Waals surface area contributed by atoms with Crippen molar-refractivity contribution in [2.45, 2.75) is 18.9 Å². The number of carbonyl (C=O) groups excluding carboxylic acids is 1. The minimum Gasteiger partial charge on any atom is -0.491 e. The third kappa shape index (κ3) is 2.89. The van der Waals surface area contributed by atoms with Crippen LogP contribution in [0.3, 0.4) is 0 Å². The van der Waals surface area contributed by atoms with Crippen LogP contribution >= 0.6 is 0 Å². The molecule has 174 valence electrons. The molecule has 0 N–H and O–H groups in total. The first-order valence-electron chi connectivity index (χ1n) is 11.5. The van der Waals surface area contributed by atoms with Crippen LogP contribution in [0, 0.1) is 6.92 Å². The normalized spacial score (nSPS) is 19.6. The predicted octanol–water partition coefficient (Wildman–Crippen LogP) is 4.04. The van der Waals surface area contributed by atoms with Gasteiger partial charge < -0.3 is 23.6 Å². The molecule has 7 rings (SSSR count). The third-order valence-corrected chi connectivity index (χ3v) is 6.89. The van der Waals surface area contributed by atoms with Crippen LogP contribution in [0.1, 0.15) is 22.6 Å². The molecule has 0 fully saturated rings. The molecule has 3 aliphatic rings. The Kier molecular flexibility index (Phi) is 4.21. The number of amides is 1. The fraction of sp³-hybridized carbons (Fsp3) is 0.222. The quantitative estimate of drug-likeness (QED) is 0.449. The minimum absolute atomic E-state index is 0.00741. The van der Waals surface area contributed by atoms with Crippen LogP contribution in [-0.2, 0) is 16.8 Å². The molecule has 1 aromatic heterocycles. The van der Waals surface area contributed by atoms with Gasteiger partial charge in [-0.25, -0.2) is 0 Å². The van der Waals surface area contributed by atoms with Gasteiger partial charge in [0, 0.05) is 29.8 Å². The van der Waals surface area contributed by atoms with Gasteiger partial charge in [0.1, 0.15) is 31.0 Å². The van der Waals surface area contributed by atoms with E-state index < -0.39 is 5.41 Å². The molecule has 4 heterocycles. The van der Waals surface area contributed by atoms with Crippen molar-refractivity contribution < 1.29 is 23.5 Å². The zero-order valence-corrected chi connectivity index (χ0v) is 19.0. The Morgan fingerprint density at radius 1 is 0.914 bits per heavy atom. The second kappa shape index (κ2) is 7.33. The lowest BCUT2D eigenvalue weighted by Gasteiger charge is -2.24. The highest BCUT2D eigenvalue weighted by Crippen LogP contribution is 2.55. The average Bonchev–Trinajstić information content (AvgIpc) is 3.56. The number of hydrogen-bond acceptors (Lipinski definition) is 7. The van der Waals surface area contributed by atoms with E-state index in [1.165, 1.54) is 0 Å². The van der Waals surface area contributed by atoms with Crippen LogP contribution in [0.15, 0.2) is 65.2 Å². The molecule has 1 amide bonds. The number of nitrogens with zero attached hydrogens (tertiary/aromatic N) is 3. The Balaban J connectivity index is 1.26. The largest absolute Gasteiger partial charge is 0.491 e. The number of para-hydroxylation sites is 1. The van der Waals surface area contributed by atoms with E-state index in [2.05, 4.69) is 10.1 Å². The van der Waals surface area contributed by atoms with Gasteiger partial charge in [0.05, 0.1) is 6.54 Å². The number of hydrogen-bond donors (Lipinski definition) is 0. The Morgan fingerprint density at radius 3 is 2.46 bits per heavy atom. The van der Waals surface area contributed by atoms with Crippen molar-refractivity contribution in [3.8, 4) is 28.6 Å². The molecule has 1 atom stereocenters. The van der Waals surface area contributed by atoms with Crippen molar-refractivity contribution in [2.24, 2.45) is 0 Å². The molecule has 0 saturated carbocycles. The SMILES string of the molecule is Cc1nc(-c2ccc(CN3C(=O)C4(COc5cc6c(cc54)OCCO6)c4ccccc43)cc2)no1. The lowest BCUT2D eigenvalue weighted by molar-refractivity contribution is -0.122. The van der Waals surface area contributed by atoms with E-state index in [1.807, 2.05) is 65.6 Å². The highest BCUT2D eigenvalue weighted by molar-refractivity contribution is 6.11. The molecule has 0 saturated heterocycles. The van der Waals surface area contributed by atoms with Crippen molar-refractivity contribution >= 4 is 11.6 Å². The molecule has 3 aliphatic heterocycles. The monoisotopic (exact) mass is 467 g/mol. The topological polar surface area (TPSA) is 86.9 Å². The summed E-state index contributed by atoms with van der Waals surface area (Å²) in [5.41, 5.74) is 3.60. The van der Waals surface area contributed by atoms with Crippen LogP contribution in [0.5, 0.6) is 17.2 Å². The zero-order valence-electron chi connectivity index (χ0n) is 19.0. The van der Waals surface area contributed by atoms with Gasteiger partial charge in [-0.2, -0.15) is 4.98 Å². The lowest BCUT2D eigenvalue weighted by atomic mass is 9.77. The third-order valence-electron chi connectivity index (χ3n) is 6.89. The van der Waals surface area contributed by atoms with Crippen LogP contribution < -0.4 is 19.1 Å². The second-order valence-electron chi connectivity index (χ2n) is 8.93. The van der Waals surface area contributed by atoms with Crippen molar-refractivity contribution in [1.29, 1.82) is 0 Å². The Bertz CT molecular complexity index is 1480. The van der Waals surface area contributed by atoms with Gasteiger partial charge in [-0.3, -0.25) is 4.79 Å². The van der Waals surface area contributed by atoms with Crippen molar-refractivity contribution in [1.82, 2.24) is 10.1 Å². The first-order valence-corrected chi connectivity index (χ1v) is 11.5. The summed E-state index contributed by atoms with van der Waals surface area (Å²) in [6.07, 6.45) is 0. The van der Waals surface area contributed by atoms with Crippen LogP contribution in [-0.4, -0.2) is 35.9 Å². The summed E-state index contributed by atoms with van der Waals surface area (Å²) < 4.78 is 22.7. The van der Waals surface area contributed by atoms with E-state index in [-0.39, 0.29) is 12.5 Å². The molecule has 8 nitrogen and oxygen atoms in total. The van der Waals surface area contributed by atoms with Crippen molar-refractivity contribution in [3.05, 3.63) is 83.2 Å². The van der Waals surface area contributed by atoms with Crippen molar-refractivity contribution in [2.75, 3.05) is 24.7 Å². The Hall–Kier alpha value is -4.33. The summed E-state index contributed by atoms with van der Waals surface area (Å²) >= 11 is 0. The molecule has 0 radical (unpaired) electrons. The van der Waals surface area contributed by atoms with Crippen LogP contribution in [0.2, 0.25) is 0 Å². The van der Waals surface area contributed by atoms with Gasteiger partial charge in [0.15, 0.2) is 11.5 Å². The lowest BCUT2D eigenvalue weighted by Crippen LogP contribution is -2.42. The number of rotatable bonds is 3. The van der Waals surface area contributed by atoms with Gasteiger partial charge in [-0.05, 0) is 23.3 Å². The maximum Gasteiger partial charge on any atom is 0.246 e. The summed E-state index contributed by atoms with van der Waals surface area (Å²) in [5, 5.41) is 3.98. The fourth-order valence-electron chi connectivity index (χ4n) is 5.23. The van der Waals surface area contributed by atoms with E-state index in [0.717, 1.165) is 27.9 Å². The smallest absolute Gasteiger partial charge is 0.246 e. The molecular formula is C27H21N3O5. The zero-order chi connectivity index (χ0) is 23.6. The van der Waals surface area contributed by atoms with E-state index in [1.54, 1.807) is 6.92 Å². The van der Waals surface area contributed by atoms with Gasteiger partial charge in [0.25, 0.3) is 0 Å². The Morgan fingerprint density at radius 2 is 1.69 bits per heavy atom. The molecular weight excluding hydrogens is 446 g/mol. The summed E-state index contributed by atoms with van der Waals surface area (Å²) in [6, 6.07) is 19.6. The van der Waals surface area contributed by atoms with E-state index in [9.17, 15) is 4.79 Å². The van der Waals surface area contributed by atoms with E-state index >= 15 is 0 Å². The molecule has 0 bridgehead atoms. The number of anilines is 1. The number of carbonyl (C=O) groups is 1. The molecule has 1 unspecified atom stereocenters. The second-order valence-corrected chi connectivity index (χ2v) is 8.93. The molecule has 1 spiro atoms. The summed E-state index contributed by atoms with van der Waals surface area (Å²) in [5.74, 6) is 3.03. The maximum absolute atomic E-state index is 14.2. The number of fused-ring (bicyclic) bond motifs is 5. The van der Waals surface area contributed by atoms with Gasteiger partial charge in [-0.15, -0.1) is 0 Å². The summed E-state index contributed by atoms with van der Waals surface area (Å²) in [7, 11) is 0. The fourth-order valence-corrected chi connectivity index (χ4v) is 5.23. The first-order chi connectivity index (χ1) is 17.1. The molecule has 3 aromatic carbocycles. The predicted molar refractivity (Wildman–Crippen MR) is 126 cm³/mol. The van der Waals surface area contributed by atoms with Gasteiger partial charge in [-0.1, -0.05) is 47.6 Å². The molecule has 4 aromatic rings. The van der Waals surface area contributed by atoms with Crippen LogP contribution in [0.4, 0.5) is 5.69 Å². The number of benzene rings is 3. The first kappa shape index (κ1) is 20.1. The van der Waals surface area contributed by atoms with Gasteiger partial charge in [0.2, 0.25) is 17.6 Å². The maximum atomic E-state index is 14.2. The summed E-state index contributed by atoms with van der Waals surface area (Å²) in [4.78, 5) is 20.3. The van der Waals surface area contributed by atoms with Gasteiger partial charge >= 0.3 is 0 Å². The highest BCUT2D eigenvalue weighted by Gasteiger charge is 2.57. The number of ether oxygens (including phenoxy) is 3. The number of aromatic nitrogens is 2. The van der Waals surface area contributed by atoms with Crippen molar-refractivity contribution in [3.63, 3.8) is 0 Å². The Labute approximate surface area is 201 Å². The summed E-state index contributed by atoms with van der Waals surface area (Å²) in [6.45, 7) is 3.42. The molecule has 8 heteroatoms. The highest BCUT2D eigenvalue weighted by atomic mass is 16.6. The molecule has 0 aliphatic carbocycles. The van der Waals surface area contributed by atoms with E-state index in [0.29, 0.717) is 48.7 Å². The molecule has 35 heavy (non-hydrogen) atoms. The standard InChI is InChI=1S/C27H21N3O5/c1-16-28-25(29-35-16)18-8-6-17(7-9-18)14-30-21-5-3-2-4-19(21)27(26(30)31)15-34-22-13-24-23(12-20(22)27)32-10-11-33-24/h2-9,12-13H,10-11,14-15H2,1H3. The van der Waals surface area contributed by atoms with E-state index in [4.69, 9.17) is 18.7 Å². The van der Waals surface area contributed by atoms with Crippen LogP contribution in [0.25, 0.3) is 11.4 Å². The number of aryl methyl sites for hydroxylation is 1.